The molecule has 0 aromatic carbocycles. The maximum Gasteiger partial charge on any atom is 0.0810 e. The van der Waals surface area contributed by atoms with Crippen molar-refractivity contribution in [2.75, 3.05) is 6.54 Å². The van der Waals surface area contributed by atoms with Crippen molar-refractivity contribution < 1.29 is 4.74 Å². The van der Waals surface area contributed by atoms with Gasteiger partial charge in [-0.25, -0.2) is 0 Å². The van der Waals surface area contributed by atoms with Crippen molar-refractivity contribution in [2.45, 2.75) is 95.3 Å². The van der Waals surface area contributed by atoms with Crippen LogP contribution in [0.4, 0.5) is 0 Å². The molecular weight excluding hydrogens is 234 g/mol. The van der Waals surface area contributed by atoms with E-state index in [0.29, 0.717) is 12.1 Å². The van der Waals surface area contributed by atoms with Crippen molar-refractivity contribution in [3.8, 4) is 0 Å². The van der Waals surface area contributed by atoms with Gasteiger partial charge in [0, 0.05) is 12.6 Å². The minimum Gasteiger partial charge on any atom is -0.369 e. The fourth-order valence-electron chi connectivity index (χ4n) is 4.60. The van der Waals surface area contributed by atoms with E-state index < -0.39 is 0 Å². The van der Waals surface area contributed by atoms with E-state index in [1.165, 1.54) is 70.6 Å². The largest absolute Gasteiger partial charge is 0.369 e. The molecule has 3 atom stereocenters. The number of fused-ring (bicyclic) bond motifs is 1. The van der Waals surface area contributed by atoms with E-state index in [1.807, 2.05) is 0 Å². The third-order valence-corrected chi connectivity index (χ3v) is 5.69. The van der Waals surface area contributed by atoms with E-state index in [0.717, 1.165) is 12.5 Å². The van der Waals surface area contributed by atoms with E-state index >= 15 is 0 Å². The van der Waals surface area contributed by atoms with Crippen molar-refractivity contribution in [1.29, 1.82) is 0 Å². The summed E-state index contributed by atoms with van der Waals surface area (Å²) in [5.41, 5.74) is 0.204. The van der Waals surface area contributed by atoms with Crippen LogP contribution in [0.5, 0.6) is 0 Å². The Morgan fingerprint density at radius 2 is 1.89 bits per heavy atom. The van der Waals surface area contributed by atoms with Gasteiger partial charge in [0.2, 0.25) is 0 Å². The highest BCUT2D eigenvalue weighted by atomic mass is 16.5. The Labute approximate surface area is 118 Å². The molecule has 0 aromatic rings. The first-order valence-electron chi connectivity index (χ1n) is 8.72. The molecule has 0 radical (unpaired) electrons. The second-order valence-electron chi connectivity index (χ2n) is 7.21. The van der Waals surface area contributed by atoms with Crippen LogP contribution in [0, 0.1) is 5.92 Å². The molecule has 2 heteroatoms. The Morgan fingerprint density at radius 3 is 2.63 bits per heavy atom. The van der Waals surface area contributed by atoms with Crippen LogP contribution in [0.3, 0.4) is 0 Å². The van der Waals surface area contributed by atoms with Gasteiger partial charge in [-0.05, 0) is 38.0 Å². The van der Waals surface area contributed by atoms with E-state index in [4.69, 9.17) is 4.74 Å². The quantitative estimate of drug-likeness (QED) is 0.813. The normalized spacial score (nSPS) is 38.7. The first-order valence-corrected chi connectivity index (χ1v) is 8.72. The zero-order chi connectivity index (χ0) is 13.1. The standard InChI is InChI=1S/C17H31NO/c1-2-7-14-8-9-16-15(12-14)18-13-17(19-16)10-5-3-4-6-11-17/h14-16,18H,2-13H2,1H3. The lowest BCUT2D eigenvalue weighted by Crippen LogP contribution is -2.60. The molecule has 2 aliphatic carbocycles. The van der Waals surface area contributed by atoms with Crippen molar-refractivity contribution in [3.05, 3.63) is 0 Å². The van der Waals surface area contributed by atoms with Gasteiger partial charge in [-0.15, -0.1) is 0 Å². The first kappa shape index (κ1) is 13.9. The van der Waals surface area contributed by atoms with E-state index in [2.05, 4.69) is 12.2 Å². The minimum absolute atomic E-state index is 0.204. The van der Waals surface area contributed by atoms with Crippen LogP contribution in [0.15, 0.2) is 0 Å². The van der Waals surface area contributed by atoms with E-state index in [9.17, 15) is 0 Å². The van der Waals surface area contributed by atoms with Gasteiger partial charge in [-0.1, -0.05) is 45.4 Å². The topological polar surface area (TPSA) is 21.3 Å². The van der Waals surface area contributed by atoms with Gasteiger partial charge in [0.15, 0.2) is 0 Å². The predicted molar refractivity (Wildman–Crippen MR) is 79.3 cm³/mol. The summed E-state index contributed by atoms with van der Waals surface area (Å²) in [5.74, 6) is 0.950. The smallest absolute Gasteiger partial charge is 0.0810 e. The molecule has 1 aliphatic heterocycles. The van der Waals surface area contributed by atoms with Crippen molar-refractivity contribution >= 4 is 0 Å². The molecule has 3 unspecified atom stereocenters. The molecule has 1 spiro atoms. The summed E-state index contributed by atoms with van der Waals surface area (Å²) in [6, 6.07) is 0.652. The van der Waals surface area contributed by atoms with Crippen LogP contribution in [0.1, 0.15) is 77.6 Å². The molecule has 110 valence electrons. The molecule has 1 N–H and O–H groups in total. The molecule has 0 amide bonds. The summed E-state index contributed by atoms with van der Waals surface area (Å²) in [7, 11) is 0. The average molecular weight is 265 g/mol. The fourth-order valence-corrected chi connectivity index (χ4v) is 4.60. The summed E-state index contributed by atoms with van der Waals surface area (Å²) < 4.78 is 6.66. The Balaban J connectivity index is 1.59. The van der Waals surface area contributed by atoms with Crippen LogP contribution in [0.25, 0.3) is 0 Å². The zero-order valence-electron chi connectivity index (χ0n) is 12.6. The lowest BCUT2D eigenvalue weighted by atomic mass is 9.79. The number of ether oxygens (including phenoxy) is 1. The predicted octanol–water partition coefficient (Wildman–Crippen LogP) is 4.04. The Hall–Kier alpha value is -0.0800. The molecular formula is C17H31NO. The van der Waals surface area contributed by atoms with Gasteiger partial charge in [0.05, 0.1) is 11.7 Å². The molecule has 2 saturated carbocycles. The maximum atomic E-state index is 6.66. The highest BCUT2D eigenvalue weighted by molar-refractivity contribution is 4.97. The molecule has 0 aromatic heterocycles. The summed E-state index contributed by atoms with van der Waals surface area (Å²) in [4.78, 5) is 0. The number of nitrogens with one attached hydrogen (secondary N) is 1. The molecule has 3 fully saturated rings. The first-order chi connectivity index (χ1) is 9.31. The molecule has 1 saturated heterocycles. The Bertz CT molecular complexity index is 283. The molecule has 1 heterocycles. The van der Waals surface area contributed by atoms with Gasteiger partial charge in [0.25, 0.3) is 0 Å². The number of rotatable bonds is 2. The van der Waals surface area contributed by atoms with Crippen molar-refractivity contribution in [3.63, 3.8) is 0 Å². The van der Waals surface area contributed by atoms with Crippen LogP contribution in [-0.4, -0.2) is 24.3 Å². The number of morpholine rings is 1. The number of hydrogen-bond donors (Lipinski definition) is 1. The third kappa shape index (κ3) is 3.16. The lowest BCUT2D eigenvalue weighted by molar-refractivity contribution is -0.156. The summed E-state index contributed by atoms with van der Waals surface area (Å²) in [5, 5.41) is 3.87. The minimum atomic E-state index is 0.204. The van der Waals surface area contributed by atoms with Gasteiger partial charge in [0.1, 0.15) is 0 Å². The third-order valence-electron chi connectivity index (χ3n) is 5.69. The fraction of sp³-hybridized carbons (Fsp3) is 1.00. The van der Waals surface area contributed by atoms with Gasteiger partial charge >= 0.3 is 0 Å². The maximum absolute atomic E-state index is 6.66. The molecule has 3 rings (SSSR count). The van der Waals surface area contributed by atoms with E-state index in [-0.39, 0.29) is 5.60 Å². The SMILES string of the molecule is CCCC1CCC2OC3(CCCCCC3)CNC2C1. The van der Waals surface area contributed by atoms with Crippen LogP contribution >= 0.6 is 0 Å². The highest BCUT2D eigenvalue weighted by Gasteiger charge is 2.43. The summed E-state index contributed by atoms with van der Waals surface area (Å²) in [6.07, 6.45) is 15.5. The Kier molecular flexibility index (Phi) is 4.48. The monoisotopic (exact) mass is 265 g/mol. The molecule has 2 nitrogen and oxygen atoms in total. The van der Waals surface area contributed by atoms with Gasteiger partial charge in [-0.3, -0.25) is 0 Å². The zero-order valence-corrected chi connectivity index (χ0v) is 12.6. The van der Waals surface area contributed by atoms with Crippen molar-refractivity contribution in [1.82, 2.24) is 5.32 Å². The molecule has 0 bridgehead atoms. The van der Waals surface area contributed by atoms with Crippen molar-refractivity contribution in [2.24, 2.45) is 5.92 Å². The highest BCUT2D eigenvalue weighted by Crippen LogP contribution is 2.39. The van der Waals surface area contributed by atoms with Crippen LogP contribution in [-0.2, 0) is 4.74 Å². The van der Waals surface area contributed by atoms with Gasteiger partial charge in [-0.2, -0.15) is 0 Å². The summed E-state index contributed by atoms with van der Waals surface area (Å²) >= 11 is 0. The lowest BCUT2D eigenvalue weighted by Gasteiger charge is -2.49. The average Bonchev–Trinajstić information content (AvgIpc) is 2.65. The second-order valence-corrected chi connectivity index (χ2v) is 7.21. The Morgan fingerprint density at radius 1 is 1.11 bits per heavy atom. The summed E-state index contributed by atoms with van der Waals surface area (Å²) in [6.45, 7) is 3.43. The van der Waals surface area contributed by atoms with Crippen LogP contribution in [0.2, 0.25) is 0 Å². The van der Waals surface area contributed by atoms with Gasteiger partial charge < -0.3 is 10.1 Å². The molecule has 19 heavy (non-hydrogen) atoms. The van der Waals surface area contributed by atoms with E-state index in [1.54, 1.807) is 0 Å². The number of hydrogen-bond acceptors (Lipinski definition) is 2. The van der Waals surface area contributed by atoms with Crippen LogP contribution < -0.4 is 5.32 Å². The molecule has 3 aliphatic rings. The second kappa shape index (κ2) is 6.13.